The third-order valence-corrected chi connectivity index (χ3v) is 10.6. The predicted octanol–water partition coefficient (Wildman–Crippen LogP) is -2.88. The minimum absolute atomic E-state index is 0. The van der Waals surface area contributed by atoms with Crippen molar-refractivity contribution in [3.05, 3.63) is 48.0 Å². The van der Waals surface area contributed by atoms with E-state index in [1.807, 2.05) is 5.20 Å². The molecular formula is C25H39Cl3SiTi. The Morgan fingerprint density at radius 2 is 1.33 bits per heavy atom. The smallest absolute Gasteiger partial charge is 1.00 e. The van der Waals surface area contributed by atoms with Crippen molar-refractivity contribution < 1.29 is 57.7 Å². The van der Waals surface area contributed by atoms with Crippen LogP contribution in [0.1, 0.15) is 87.1 Å². The molecule has 1 aromatic rings. The van der Waals surface area contributed by atoms with Crippen LogP contribution in [0.15, 0.2) is 20.2 Å². The molecule has 2 rings (SSSR count). The molecule has 0 spiro atoms. The number of benzene rings is 1. The second-order valence-corrected chi connectivity index (χ2v) is 11.4. The molecule has 0 N–H and O–H groups in total. The van der Waals surface area contributed by atoms with E-state index in [-0.39, 0.29) is 37.2 Å². The number of rotatable bonds is 8. The van der Waals surface area contributed by atoms with Crippen LogP contribution in [0.4, 0.5) is 0 Å². The Balaban J connectivity index is 0. The molecule has 5 heteroatoms. The molecule has 0 amide bonds. The Bertz CT molecular complexity index is 752. The number of unbranched alkanes of at least 4 members (excludes halogenated alkanes) is 2. The van der Waals surface area contributed by atoms with Gasteiger partial charge in [0.25, 0.3) is 0 Å². The Hall–Kier alpha value is 0.501. The van der Waals surface area contributed by atoms with E-state index >= 15 is 0 Å². The van der Waals surface area contributed by atoms with Crippen LogP contribution in [-0.4, -0.2) is 9.52 Å². The van der Waals surface area contributed by atoms with Crippen LogP contribution in [0.2, 0.25) is 0 Å². The van der Waals surface area contributed by atoms with Crippen molar-refractivity contribution >= 4 is 14.7 Å². The van der Waals surface area contributed by atoms with E-state index < -0.39 is 9.52 Å². The summed E-state index contributed by atoms with van der Waals surface area (Å²) >= 11 is 2.43. The van der Waals surface area contributed by atoms with Gasteiger partial charge in [0.05, 0.1) is 0 Å². The van der Waals surface area contributed by atoms with E-state index in [2.05, 4.69) is 75.8 Å². The topological polar surface area (TPSA) is 0 Å². The molecule has 168 valence electrons. The molecule has 0 radical (unpaired) electrons. The summed E-state index contributed by atoms with van der Waals surface area (Å²) < 4.78 is 1.67. The summed E-state index contributed by atoms with van der Waals surface area (Å²) in [5.41, 5.74) is 11.2. The van der Waals surface area contributed by atoms with Crippen molar-refractivity contribution in [3.63, 3.8) is 0 Å². The summed E-state index contributed by atoms with van der Waals surface area (Å²) in [4.78, 5) is 0. The molecule has 1 aliphatic rings. The Morgan fingerprint density at radius 3 is 1.80 bits per heavy atom. The van der Waals surface area contributed by atoms with Gasteiger partial charge in [-0.3, -0.25) is 0 Å². The summed E-state index contributed by atoms with van der Waals surface area (Å²) in [7, 11) is -0.405. The summed E-state index contributed by atoms with van der Waals surface area (Å²) in [6, 6.07) is 0. The second-order valence-electron chi connectivity index (χ2n) is 8.72. The van der Waals surface area contributed by atoms with Gasteiger partial charge < -0.3 is 37.2 Å². The molecule has 1 atom stereocenters. The zero-order chi connectivity index (χ0) is 20.3. The minimum Gasteiger partial charge on any atom is -1.00 e. The minimum atomic E-state index is -0.405. The van der Waals surface area contributed by atoms with Gasteiger partial charge in [-0.1, -0.05) is 0 Å². The van der Waals surface area contributed by atoms with Gasteiger partial charge in [-0.25, -0.2) is 0 Å². The molecule has 1 aliphatic carbocycles. The molecule has 0 aromatic heterocycles. The Morgan fingerprint density at radius 1 is 0.833 bits per heavy atom. The summed E-state index contributed by atoms with van der Waals surface area (Å²) in [6.45, 7) is 18.8. The molecule has 0 heterocycles. The van der Waals surface area contributed by atoms with Gasteiger partial charge in [-0.2, -0.15) is 0 Å². The van der Waals surface area contributed by atoms with E-state index in [9.17, 15) is 0 Å². The van der Waals surface area contributed by atoms with Crippen LogP contribution in [-0.2, 0) is 20.4 Å². The van der Waals surface area contributed by atoms with Crippen molar-refractivity contribution in [1.82, 2.24) is 0 Å². The van der Waals surface area contributed by atoms with Crippen LogP contribution in [0, 0.1) is 40.5 Å². The maximum absolute atomic E-state index is 2.45. The van der Waals surface area contributed by atoms with Crippen LogP contribution < -0.4 is 42.4 Å². The zero-order valence-electron chi connectivity index (χ0n) is 20.2. The first-order valence-electron chi connectivity index (χ1n) is 11.0. The molecule has 0 nitrogen and oxygen atoms in total. The molecule has 0 fully saturated rings. The van der Waals surface area contributed by atoms with Crippen LogP contribution >= 0.6 is 0 Å². The van der Waals surface area contributed by atoms with Crippen molar-refractivity contribution in [2.24, 2.45) is 5.92 Å². The summed E-state index contributed by atoms with van der Waals surface area (Å²) in [5.74, 6) is 0.712. The van der Waals surface area contributed by atoms with Crippen LogP contribution in [0.25, 0.3) is 0 Å². The van der Waals surface area contributed by atoms with E-state index in [0.29, 0.717) is 5.92 Å². The van der Waals surface area contributed by atoms with E-state index in [4.69, 9.17) is 0 Å². The van der Waals surface area contributed by atoms with Gasteiger partial charge >= 0.3 is 183 Å². The van der Waals surface area contributed by atoms with Gasteiger partial charge in [-0.15, -0.1) is 0 Å². The fourth-order valence-electron chi connectivity index (χ4n) is 4.62. The number of allylic oxidation sites excluding steroid dienone is 4. The van der Waals surface area contributed by atoms with E-state index in [0.717, 1.165) is 0 Å². The monoisotopic (exact) mass is 520 g/mol. The average molecular weight is 522 g/mol. The first-order chi connectivity index (χ1) is 12.7. The van der Waals surface area contributed by atoms with Gasteiger partial charge in [0, 0.05) is 0 Å². The molecule has 30 heavy (non-hydrogen) atoms. The van der Waals surface area contributed by atoms with Gasteiger partial charge in [0.15, 0.2) is 0 Å². The third kappa shape index (κ3) is 7.00. The average Bonchev–Trinajstić information content (AvgIpc) is 2.97. The molecular weight excluding hydrogens is 483 g/mol. The number of hydrogen-bond donors (Lipinski definition) is 0. The zero-order valence-corrected chi connectivity index (χ0v) is 25.4. The largest absolute Gasteiger partial charge is 1.00 e. The first-order valence-corrected chi connectivity index (χ1v) is 13.2. The van der Waals surface area contributed by atoms with Crippen LogP contribution in [0.3, 0.4) is 0 Å². The molecule has 0 aliphatic heterocycles. The maximum atomic E-state index is 2.45. The molecule has 1 aromatic carbocycles. The third-order valence-electron chi connectivity index (χ3n) is 7.16. The Kier molecular flexibility index (Phi) is 15.9. The second kappa shape index (κ2) is 14.6. The van der Waals surface area contributed by atoms with Crippen molar-refractivity contribution in [2.75, 3.05) is 0 Å². The molecule has 1 unspecified atom stereocenters. The molecule has 0 saturated heterocycles. The van der Waals surface area contributed by atoms with Gasteiger partial charge in [-0.05, 0) is 0 Å². The fraction of sp³-hybridized carbons (Fsp3) is 0.600. The molecule has 0 bridgehead atoms. The number of hydrogen-bond acceptors (Lipinski definition) is 0. The van der Waals surface area contributed by atoms with Gasteiger partial charge in [0.2, 0.25) is 0 Å². The summed E-state index contributed by atoms with van der Waals surface area (Å²) in [5, 5.41) is 3.58. The standard InChI is InChI=1S/C25H39Si.3ClH.Ti/c1-9-11-12-13-22-14-23(16(3)10-2)24(15-22)26-25-20(7)18(5)17(4)19(6)21(25)8;;;;/h16H,9-13,15,26H2,1-8H3;3*1H;/q;;;;+3/p-3. The Labute approximate surface area is 219 Å². The van der Waals surface area contributed by atoms with Gasteiger partial charge in [0.1, 0.15) is 0 Å². The van der Waals surface area contributed by atoms with Crippen molar-refractivity contribution in [3.8, 4) is 0 Å². The normalized spacial score (nSPS) is 14.7. The quantitative estimate of drug-likeness (QED) is 0.255. The van der Waals surface area contributed by atoms with Crippen molar-refractivity contribution in [2.45, 2.75) is 93.9 Å². The van der Waals surface area contributed by atoms with Crippen LogP contribution in [0.5, 0.6) is 0 Å². The SMILES string of the molecule is CCCCCC1=[C]([Ti+3])C(C(C)CC)=C([SiH2]c2c(C)c(C)c(C)c(C)c2C)C1.[Cl-].[Cl-].[Cl-]. The maximum Gasteiger partial charge on any atom is -1.00 e. The fourth-order valence-corrected chi connectivity index (χ4v) is 8.52. The predicted molar refractivity (Wildman–Crippen MR) is 121 cm³/mol. The van der Waals surface area contributed by atoms with E-state index in [1.54, 1.807) is 31.3 Å². The first kappa shape index (κ1) is 32.7. The molecule has 0 saturated carbocycles. The van der Waals surface area contributed by atoms with Crippen molar-refractivity contribution in [1.29, 1.82) is 0 Å². The number of halogens is 3. The van der Waals surface area contributed by atoms with E-state index in [1.165, 1.54) is 55.2 Å². The summed E-state index contributed by atoms with van der Waals surface area (Å²) in [6.07, 6.45) is 7.92.